The van der Waals surface area contributed by atoms with E-state index in [1.165, 1.54) is 18.4 Å². The quantitative estimate of drug-likeness (QED) is 0.800. The van der Waals surface area contributed by atoms with E-state index in [4.69, 9.17) is 5.11 Å². The summed E-state index contributed by atoms with van der Waals surface area (Å²) in [5.41, 5.74) is 1.17. The molecule has 1 aliphatic carbocycles. The predicted octanol–water partition coefficient (Wildman–Crippen LogP) is 3.05. The minimum Gasteiger partial charge on any atom is -0.481 e. The van der Waals surface area contributed by atoms with Crippen LogP contribution in [-0.2, 0) is 4.79 Å². The SMILES string of the molecule is O=C(O)CC(CC1CC1)c1ccccc1. The molecule has 0 aromatic heterocycles. The molecule has 2 nitrogen and oxygen atoms in total. The van der Waals surface area contributed by atoms with Crippen LogP contribution >= 0.6 is 0 Å². The zero-order valence-corrected chi connectivity index (χ0v) is 8.73. The van der Waals surface area contributed by atoms with Crippen LogP contribution in [0.1, 0.15) is 37.2 Å². The van der Waals surface area contributed by atoms with E-state index < -0.39 is 5.97 Å². The smallest absolute Gasteiger partial charge is 0.303 e. The molecule has 1 saturated carbocycles. The Labute approximate surface area is 89.9 Å². The zero-order chi connectivity index (χ0) is 10.7. The molecular weight excluding hydrogens is 188 g/mol. The fourth-order valence-corrected chi connectivity index (χ4v) is 2.03. The van der Waals surface area contributed by atoms with Crippen molar-refractivity contribution in [2.24, 2.45) is 5.92 Å². The molecule has 0 bridgehead atoms. The van der Waals surface area contributed by atoms with Crippen LogP contribution in [0.25, 0.3) is 0 Å². The van der Waals surface area contributed by atoms with Gasteiger partial charge in [-0.3, -0.25) is 4.79 Å². The van der Waals surface area contributed by atoms with E-state index in [0.717, 1.165) is 12.3 Å². The van der Waals surface area contributed by atoms with E-state index in [2.05, 4.69) is 0 Å². The van der Waals surface area contributed by atoms with Gasteiger partial charge in [0.2, 0.25) is 0 Å². The van der Waals surface area contributed by atoms with Crippen molar-refractivity contribution in [2.45, 2.75) is 31.6 Å². The van der Waals surface area contributed by atoms with E-state index in [0.29, 0.717) is 0 Å². The molecule has 1 fully saturated rings. The monoisotopic (exact) mass is 204 g/mol. The molecule has 2 heteroatoms. The first-order valence-corrected chi connectivity index (χ1v) is 5.52. The highest BCUT2D eigenvalue weighted by Crippen LogP contribution is 2.39. The Morgan fingerprint density at radius 3 is 2.53 bits per heavy atom. The number of carboxylic acid groups (broad SMARTS) is 1. The molecule has 0 radical (unpaired) electrons. The van der Waals surface area contributed by atoms with Crippen LogP contribution in [0, 0.1) is 5.92 Å². The van der Waals surface area contributed by atoms with Crippen LogP contribution in [0.15, 0.2) is 30.3 Å². The second-order valence-corrected chi connectivity index (χ2v) is 4.38. The molecule has 0 amide bonds. The first kappa shape index (κ1) is 10.2. The Morgan fingerprint density at radius 1 is 1.33 bits per heavy atom. The van der Waals surface area contributed by atoms with Crippen LogP contribution in [0.4, 0.5) is 0 Å². The van der Waals surface area contributed by atoms with Gasteiger partial charge in [-0.2, -0.15) is 0 Å². The number of hydrogen-bond donors (Lipinski definition) is 1. The van der Waals surface area contributed by atoms with Crippen molar-refractivity contribution in [3.05, 3.63) is 35.9 Å². The Hall–Kier alpha value is -1.31. The summed E-state index contributed by atoms with van der Waals surface area (Å²) in [5.74, 6) is 0.287. The summed E-state index contributed by atoms with van der Waals surface area (Å²) >= 11 is 0. The highest BCUT2D eigenvalue weighted by Gasteiger charge is 2.27. The molecule has 1 unspecified atom stereocenters. The van der Waals surface area contributed by atoms with E-state index in [1.807, 2.05) is 30.3 Å². The van der Waals surface area contributed by atoms with Crippen molar-refractivity contribution in [2.75, 3.05) is 0 Å². The van der Waals surface area contributed by atoms with E-state index in [1.54, 1.807) is 0 Å². The average Bonchev–Trinajstić information content (AvgIpc) is 3.01. The Kier molecular flexibility index (Phi) is 3.05. The Balaban J connectivity index is 2.06. The molecular formula is C13H16O2. The maximum atomic E-state index is 10.8. The van der Waals surface area contributed by atoms with Gasteiger partial charge < -0.3 is 5.11 Å². The summed E-state index contributed by atoms with van der Waals surface area (Å²) in [5, 5.41) is 8.88. The van der Waals surface area contributed by atoms with Gasteiger partial charge in [0.1, 0.15) is 0 Å². The summed E-state index contributed by atoms with van der Waals surface area (Å²) in [7, 11) is 0. The third kappa shape index (κ3) is 3.08. The van der Waals surface area contributed by atoms with Crippen LogP contribution < -0.4 is 0 Å². The second kappa shape index (κ2) is 4.47. The van der Waals surface area contributed by atoms with Crippen molar-refractivity contribution >= 4 is 5.97 Å². The number of rotatable bonds is 5. The first-order chi connectivity index (χ1) is 7.25. The molecule has 15 heavy (non-hydrogen) atoms. The van der Waals surface area contributed by atoms with Gasteiger partial charge >= 0.3 is 5.97 Å². The normalized spacial score (nSPS) is 17.3. The van der Waals surface area contributed by atoms with E-state index in [9.17, 15) is 4.79 Å². The Bertz CT molecular complexity index is 328. The summed E-state index contributed by atoms with van der Waals surface area (Å²) < 4.78 is 0. The molecule has 2 rings (SSSR count). The molecule has 0 aliphatic heterocycles. The molecule has 1 N–H and O–H groups in total. The topological polar surface area (TPSA) is 37.3 Å². The van der Waals surface area contributed by atoms with Crippen molar-refractivity contribution in [3.8, 4) is 0 Å². The standard InChI is InChI=1S/C13H16O2/c14-13(15)9-12(8-10-6-7-10)11-4-2-1-3-5-11/h1-5,10,12H,6-9H2,(H,14,15). The molecule has 80 valence electrons. The van der Waals surface area contributed by atoms with Crippen molar-refractivity contribution < 1.29 is 9.90 Å². The number of hydrogen-bond acceptors (Lipinski definition) is 1. The minimum atomic E-state index is -0.690. The van der Waals surface area contributed by atoms with Gasteiger partial charge in [-0.25, -0.2) is 0 Å². The van der Waals surface area contributed by atoms with Gasteiger partial charge in [-0.05, 0) is 23.8 Å². The molecule has 1 aromatic carbocycles. The van der Waals surface area contributed by atoms with E-state index >= 15 is 0 Å². The van der Waals surface area contributed by atoms with Gasteiger partial charge in [0.15, 0.2) is 0 Å². The molecule has 0 heterocycles. The van der Waals surface area contributed by atoms with Gasteiger partial charge in [-0.15, -0.1) is 0 Å². The number of aliphatic carboxylic acids is 1. The lowest BCUT2D eigenvalue weighted by atomic mass is 9.90. The lowest BCUT2D eigenvalue weighted by Gasteiger charge is -2.14. The van der Waals surface area contributed by atoms with Crippen molar-refractivity contribution in [1.82, 2.24) is 0 Å². The van der Waals surface area contributed by atoms with Gasteiger partial charge in [-0.1, -0.05) is 43.2 Å². The third-order valence-electron chi connectivity index (χ3n) is 3.01. The number of carbonyl (C=O) groups is 1. The van der Waals surface area contributed by atoms with Crippen LogP contribution in [0.5, 0.6) is 0 Å². The Morgan fingerprint density at radius 2 is 2.00 bits per heavy atom. The largest absolute Gasteiger partial charge is 0.481 e. The maximum Gasteiger partial charge on any atom is 0.303 e. The average molecular weight is 204 g/mol. The molecule has 1 aliphatic rings. The van der Waals surface area contributed by atoms with Crippen molar-refractivity contribution in [3.63, 3.8) is 0 Å². The fourth-order valence-electron chi connectivity index (χ4n) is 2.03. The van der Waals surface area contributed by atoms with Crippen LogP contribution in [-0.4, -0.2) is 11.1 Å². The van der Waals surface area contributed by atoms with Gasteiger partial charge in [0, 0.05) is 0 Å². The fraction of sp³-hybridized carbons (Fsp3) is 0.462. The molecule has 1 atom stereocenters. The highest BCUT2D eigenvalue weighted by molar-refractivity contribution is 5.68. The first-order valence-electron chi connectivity index (χ1n) is 5.52. The van der Waals surface area contributed by atoms with Crippen molar-refractivity contribution in [1.29, 1.82) is 0 Å². The lowest BCUT2D eigenvalue weighted by molar-refractivity contribution is -0.137. The lowest BCUT2D eigenvalue weighted by Crippen LogP contribution is -2.07. The number of carboxylic acids is 1. The molecule has 0 spiro atoms. The van der Waals surface area contributed by atoms with Crippen LogP contribution in [0.3, 0.4) is 0 Å². The van der Waals surface area contributed by atoms with E-state index in [-0.39, 0.29) is 12.3 Å². The summed E-state index contributed by atoms with van der Waals surface area (Å²) in [6.07, 6.45) is 3.86. The second-order valence-electron chi connectivity index (χ2n) is 4.38. The third-order valence-corrected chi connectivity index (χ3v) is 3.01. The minimum absolute atomic E-state index is 0.205. The number of benzene rings is 1. The maximum absolute atomic E-state index is 10.8. The predicted molar refractivity (Wildman–Crippen MR) is 58.8 cm³/mol. The molecule has 0 saturated heterocycles. The van der Waals surface area contributed by atoms with Crippen LogP contribution in [0.2, 0.25) is 0 Å². The zero-order valence-electron chi connectivity index (χ0n) is 8.73. The van der Waals surface area contributed by atoms with Gasteiger partial charge in [0.25, 0.3) is 0 Å². The summed E-state index contributed by atoms with van der Waals surface area (Å²) in [6, 6.07) is 10.0. The molecule has 1 aromatic rings. The summed E-state index contributed by atoms with van der Waals surface area (Å²) in [4.78, 5) is 10.8. The van der Waals surface area contributed by atoms with Gasteiger partial charge in [0.05, 0.1) is 6.42 Å². The highest BCUT2D eigenvalue weighted by atomic mass is 16.4. The summed E-state index contributed by atoms with van der Waals surface area (Å²) in [6.45, 7) is 0.